The molecule has 6 nitrogen and oxygen atoms in total. The molecule has 0 fully saturated rings. The van der Waals surface area contributed by atoms with Gasteiger partial charge in [-0.3, -0.25) is 4.79 Å². The third kappa shape index (κ3) is 2.09. The molecule has 1 aromatic heterocycles. The lowest BCUT2D eigenvalue weighted by atomic mass is 10.1. The highest BCUT2D eigenvalue weighted by Crippen LogP contribution is 2.05. The molecule has 0 aliphatic rings. The molecule has 6 heteroatoms. The van der Waals surface area contributed by atoms with E-state index in [0.717, 1.165) is 6.26 Å². The average molecular weight is 198 g/mol. The standard InChI is InChI=1S/C8H10N2O4/c1-8(2,7(12)13)10-6(11)5-3-9-14-4-5/h3-4H,1-2H3,(H,10,11)(H,12,13). The van der Waals surface area contributed by atoms with Gasteiger partial charge in [0.25, 0.3) is 5.91 Å². The molecule has 14 heavy (non-hydrogen) atoms. The Morgan fingerprint density at radius 2 is 2.21 bits per heavy atom. The second kappa shape index (κ2) is 3.49. The summed E-state index contributed by atoms with van der Waals surface area (Å²) in [7, 11) is 0. The largest absolute Gasteiger partial charge is 0.480 e. The van der Waals surface area contributed by atoms with Gasteiger partial charge in [0.1, 0.15) is 11.8 Å². The van der Waals surface area contributed by atoms with Crippen LogP contribution in [0.2, 0.25) is 0 Å². The Kier molecular flexibility index (Phi) is 2.55. The van der Waals surface area contributed by atoms with Crippen LogP contribution < -0.4 is 5.32 Å². The highest BCUT2D eigenvalue weighted by Gasteiger charge is 2.29. The summed E-state index contributed by atoms with van der Waals surface area (Å²) in [5.41, 5.74) is -1.12. The van der Waals surface area contributed by atoms with Gasteiger partial charge in [-0.1, -0.05) is 5.16 Å². The number of nitrogens with zero attached hydrogens (tertiary/aromatic N) is 1. The summed E-state index contributed by atoms with van der Waals surface area (Å²) in [6, 6.07) is 0. The molecule has 0 aromatic carbocycles. The number of hydrogen-bond donors (Lipinski definition) is 2. The van der Waals surface area contributed by atoms with Crippen LogP contribution in [-0.4, -0.2) is 27.7 Å². The van der Waals surface area contributed by atoms with E-state index in [1.807, 2.05) is 0 Å². The SMILES string of the molecule is CC(C)(NC(=O)c1cnoc1)C(=O)O. The molecule has 0 radical (unpaired) electrons. The lowest BCUT2D eigenvalue weighted by molar-refractivity contribution is -0.143. The normalized spacial score (nSPS) is 11.0. The van der Waals surface area contributed by atoms with E-state index < -0.39 is 17.4 Å². The van der Waals surface area contributed by atoms with Crippen molar-refractivity contribution in [3.63, 3.8) is 0 Å². The molecular weight excluding hydrogens is 188 g/mol. The number of carboxylic acids is 1. The summed E-state index contributed by atoms with van der Waals surface area (Å²) >= 11 is 0. The molecule has 0 saturated heterocycles. The van der Waals surface area contributed by atoms with E-state index in [1.54, 1.807) is 0 Å². The zero-order chi connectivity index (χ0) is 10.8. The van der Waals surface area contributed by atoms with Crippen LogP contribution in [0.4, 0.5) is 0 Å². The smallest absolute Gasteiger partial charge is 0.328 e. The van der Waals surface area contributed by atoms with E-state index in [-0.39, 0.29) is 5.56 Å². The maximum absolute atomic E-state index is 11.4. The van der Waals surface area contributed by atoms with Gasteiger partial charge in [0.15, 0.2) is 0 Å². The van der Waals surface area contributed by atoms with E-state index in [0.29, 0.717) is 0 Å². The number of aliphatic carboxylic acids is 1. The predicted molar refractivity (Wildman–Crippen MR) is 45.7 cm³/mol. The first-order valence-electron chi connectivity index (χ1n) is 3.89. The minimum atomic E-state index is -1.31. The Bertz CT molecular complexity index is 342. The van der Waals surface area contributed by atoms with Gasteiger partial charge in [-0.15, -0.1) is 0 Å². The Morgan fingerprint density at radius 3 is 2.64 bits per heavy atom. The van der Waals surface area contributed by atoms with Crippen LogP contribution in [0.25, 0.3) is 0 Å². The fourth-order valence-electron chi connectivity index (χ4n) is 0.726. The molecular formula is C8H10N2O4. The number of amides is 1. The van der Waals surface area contributed by atoms with Gasteiger partial charge in [0, 0.05) is 0 Å². The van der Waals surface area contributed by atoms with Crippen LogP contribution in [0.3, 0.4) is 0 Å². The summed E-state index contributed by atoms with van der Waals surface area (Å²) in [6.45, 7) is 2.78. The van der Waals surface area contributed by atoms with Crippen LogP contribution in [0.15, 0.2) is 17.0 Å². The number of carbonyl (C=O) groups excluding carboxylic acids is 1. The maximum Gasteiger partial charge on any atom is 0.328 e. The Hall–Kier alpha value is -1.85. The summed E-state index contributed by atoms with van der Waals surface area (Å²) in [6.07, 6.45) is 2.36. The molecule has 1 aromatic rings. The van der Waals surface area contributed by atoms with Crippen molar-refractivity contribution in [3.8, 4) is 0 Å². The van der Waals surface area contributed by atoms with Gasteiger partial charge < -0.3 is 14.9 Å². The van der Waals surface area contributed by atoms with Gasteiger partial charge >= 0.3 is 5.97 Å². The Labute approximate surface area is 79.9 Å². The highest BCUT2D eigenvalue weighted by atomic mass is 16.5. The first-order valence-corrected chi connectivity index (χ1v) is 3.89. The predicted octanol–water partition coefficient (Wildman–Crippen LogP) is 0.268. The molecule has 1 heterocycles. The van der Waals surface area contributed by atoms with Crippen molar-refractivity contribution in [1.82, 2.24) is 10.5 Å². The van der Waals surface area contributed by atoms with Crippen LogP contribution in [0.5, 0.6) is 0 Å². The zero-order valence-corrected chi connectivity index (χ0v) is 7.77. The molecule has 1 rings (SSSR count). The third-order valence-corrected chi connectivity index (χ3v) is 1.66. The quantitative estimate of drug-likeness (QED) is 0.727. The number of hydrogen-bond acceptors (Lipinski definition) is 4. The topological polar surface area (TPSA) is 92.4 Å². The van der Waals surface area contributed by atoms with Crippen molar-refractivity contribution in [2.75, 3.05) is 0 Å². The monoisotopic (exact) mass is 198 g/mol. The van der Waals surface area contributed by atoms with Crippen LogP contribution in [-0.2, 0) is 4.79 Å². The summed E-state index contributed by atoms with van der Waals surface area (Å²) < 4.78 is 4.45. The van der Waals surface area contributed by atoms with E-state index in [2.05, 4.69) is 15.0 Å². The second-order valence-electron chi connectivity index (χ2n) is 3.30. The summed E-state index contributed by atoms with van der Waals surface area (Å²) in [5, 5.41) is 14.4. The minimum Gasteiger partial charge on any atom is -0.480 e. The van der Waals surface area contributed by atoms with Crippen molar-refractivity contribution < 1.29 is 19.2 Å². The molecule has 1 amide bonds. The van der Waals surface area contributed by atoms with Crippen molar-refractivity contribution in [1.29, 1.82) is 0 Å². The lowest BCUT2D eigenvalue weighted by Crippen LogP contribution is -2.49. The fourth-order valence-corrected chi connectivity index (χ4v) is 0.726. The van der Waals surface area contributed by atoms with Gasteiger partial charge in [0.05, 0.1) is 11.8 Å². The van der Waals surface area contributed by atoms with Gasteiger partial charge in [0.2, 0.25) is 0 Å². The van der Waals surface area contributed by atoms with E-state index >= 15 is 0 Å². The molecule has 76 valence electrons. The Morgan fingerprint density at radius 1 is 1.57 bits per heavy atom. The second-order valence-corrected chi connectivity index (χ2v) is 3.30. The zero-order valence-electron chi connectivity index (χ0n) is 7.77. The number of nitrogens with one attached hydrogen (secondary N) is 1. The molecule has 0 aliphatic heterocycles. The highest BCUT2D eigenvalue weighted by molar-refractivity contribution is 5.97. The van der Waals surface area contributed by atoms with Crippen molar-refractivity contribution in [2.45, 2.75) is 19.4 Å². The van der Waals surface area contributed by atoms with Crippen LogP contribution >= 0.6 is 0 Å². The lowest BCUT2D eigenvalue weighted by Gasteiger charge is -2.20. The summed E-state index contributed by atoms with van der Waals surface area (Å²) in [5.74, 6) is -1.64. The number of rotatable bonds is 3. The molecule has 0 spiro atoms. The number of carbonyl (C=O) groups is 2. The van der Waals surface area contributed by atoms with Crippen molar-refractivity contribution in [2.24, 2.45) is 0 Å². The van der Waals surface area contributed by atoms with Crippen molar-refractivity contribution in [3.05, 3.63) is 18.0 Å². The Balaban J connectivity index is 2.71. The number of aromatic nitrogens is 1. The first-order chi connectivity index (χ1) is 6.43. The van der Waals surface area contributed by atoms with Crippen molar-refractivity contribution >= 4 is 11.9 Å². The molecule has 0 bridgehead atoms. The third-order valence-electron chi connectivity index (χ3n) is 1.66. The fraction of sp³-hybridized carbons (Fsp3) is 0.375. The summed E-state index contributed by atoms with van der Waals surface area (Å²) in [4.78, 5) is 22.0. The molecule has 2 N–H and O–H groups in total. The van der Waals surface area contributed by atoms with Gasteiger partial charge in [-0.05, 0) is 13.8 Å². The van der Waals surface area contributed by atoms with Gasteiger partial charge in [-0.2, -0.15) is 0 Å². The number of carboxylic acid groups (broad SMARTS) is 1. The average Bonchev–Trinajstić information content (AvgIpc) is 2.54. The van der Waals surface area contributed by atoms with Gasteiger partial charge in [-0.25, -0.2) is 4.79 Å². The van der Waals surface area contributed by atoms with Crippen LogP contribution in [0, 0.1) is 0 Å². The molecule has 0 unspecified atom stereocenters. The first kappa shape index (κ1) is 10.2. The molecule has 0 saturated carbocycles. The molecule has 0 atom stereocenters. The van der Waals surface area contributed by atoms with Crippen LogP contribution in [0.1, 0.15) is 24.2 Å². The molecule has 0 aliphatic carbocycles. The van der Waals surface area contributed by atoms with E-state index in [4.69, 9.17) is 5.11 Å². The van der Waals surface area contributed by atoms with E-state index in [9.17, 15) is 9.59 Å². The maximum atomic E-state index is 11.4. The minimum absolute atomic E-state index is 0.194. The van der Waals surface area contributed by atoms with E-state index in [1.165, 1.54) is 20.0 Å².